The number of ketones is 1. The SMILES string of the molecule is C=C(C)C(C)(C#CC(C)=O)C(C)CC. The molecule has 0 aromatic carbocycles. The summed E-state index contributed by atoms with van der Waals surface area (Å²) in [7, 11) is 0. The van der Waals surface area contributed by atoms with Gasteiger partial charge in [-0.25, -0.2) is 0 Å². The maximum atomic E-state index is 10.8. The van der Waals surface area contributed by atoms with E-state index in [1.165, 1.54) is 6.92 Å². The number of carbonyl (C=O) groups excluding carboxylic acids is 1. The molecule has 0 bridgehead atoms. The van der Waals surface area contributed by atoms with E-state index in [1.807, 2.05) is 6.92 Å². The molecular formula is C13H20O. The Balaban J connectivity index is 5.04. The normalized spacial score (nSPS) is 16.1. The Bertz CT molecular complexity index is 290. The lowest BCUT2D eigenvalue weighted by Crippen LogP contribution is -2.24. The highest BCUT2D eigenvalue weighted by atomic mass is 16.1. The first-order chi connectivity index (χ1) is 6.34. The van der Waals surface area contributed by atoms with E-state index in [0.29, 0.717) is 5.92 Å². The van der Waals surface area contributed by atoms with Crippen LogP contribution < -0.4 is 0 Å². The monoisotopic (exact) mass is 192 g/mol. The average Bonchev–Trinajstić information content (AvgIpc) is 2.12. The van der Waals surface area contributed by atoms with Gasteiger partial charge in [0.2, 0.25) is 5.78 Å². The molecular weight excluding hydrogens is 172 g/mol. The molecule has 0 fully saturated rings. The van der Waals surface area contributed by atoms with Gasteiger partial charge >= 0.3 is 0 Å². The van der Waals surface area contributed by atoms with Crippen molar-refractivity contribution in [3.8, 4) is 11.8 Å². The Labute approximate surface area is 87.6 Å². The second kappa shape index (κ2) is 5.00. The molecule has 0 amide bonds. The van der Waals surface area contributed by atoms with E-state index in [4.69, 9.17) is 0 Å². The van der Waals surface area contributed by atoms with Crippen LogP contribution in [0.25, 0.3) is 0 Å². The van der Waals surface area contributed by atoms with E-state index >= 15 is 0 Å². The lowest BCUT2D eigenvalue weighted by Gasteiger charge is -2.30. The molecule has 0 aromatic rings. The Hall–Kier alpha value is -1.03. The molecule has 14 heavy (non-hydrogen) atoms. The minimum absolute atomic E-state index is 0.0826. The van der Waals surface area contributed by atoms with Gasteiger partial charge in [0, 0.05) is 6.92 Å². The number of allylic oxidation sites excluding steroid dienone is 1. The smallest absolute Gasteiger partial charge is 0.202 e. The molecule has 0 saturated heterocycles. The molecule has 1 nitrogen and oxygen atoms in total. The molecule has 0 aliphatic rings. The second-order valence-electron chi connectivity index (χ2n) is 4.10. The topological polar surface area (TPSA) is 17.1 Å². The quantitative estimate of drug-likeness (QED) is 0.381. The van der Waals surface area contributed by atoms with Gasteiger partial charge in [-0.05, 0) is 25.7 Å². The van der Waals surface area contributed by atoms with E-state index < -0.39 is 0 Å². The third-order valence-electron chi connectivity index (χ3n) is 2.98. The molecule has 0 rings (SSSR count). The fourth-order valence-electron chi connectivity index (χ4n) is 1.28. The standard InChI is InChI=1S/C13H20O/c1-7-11(4)13(6,10(2)3)9-8-12(5)14/h11H,2,7H2,1,3-6H3. The van der Waals surface area contributed by atoms with Crippen LogP contribution in [0.1, 0.15) is 41.0 Å². The van der Waals surface area contributed by atoms with Crippen LogP contribution in [0, 0.1) is 23.2 Å². The van der Waals surface area contributed by atoms with Crippen LogP contribution in [0.15, 0.2) is 12.2 Å². The first-order valence-corrected chi connectivity index (χ1v) is 5.04. The van der Waals surface area contributed by atoms with E-state index in [1.54, 1.807) is 0 Å². The molecule has 1 heteroatoms. The van der Waals surface area contributed by atoms with Gasteiger partial charge in [-0.15, -0.1) is 0 Å². The predicted octanol–water partition coefficient (Wildman–Crippen LogP) is 3.21. The third-order valence-corrected chi connectivity index (χ3v) is 2.98. The highest BCUT2D eigenvalue weighted by Crippen LogP contribution is 2.35. The first kappa shape index (κ1) is 13.0. The summed E-state index contributed by atoms with van der Waals surface area (Å²) < 4.78 is 0. The molecule has 0 radical (unpaired) electrons. The van der Waals surface area contributed by atoms with Crippen molar-refractivity contribution in [2.75, 3.05) is 0 Å². The summed E-state index contributed by atoms with van der Waals surface area (Å²) in [5.41, 5.74) is 0.793. The fourth-order valence-corrected chi connectivity index (χ4v) is 1.28. The van der Waals surface area contributed by atoms with Gasteiger partial charge in [-0.3, -0.25) is 4.79 Å². The Morgan fingerprint density at radius 1 is 1.50 bits per heavy atom. The number of Topliss-reactive ketones (excluding diaryl/α,β-unsaturated/α-hetero) is 1. The molecule has 2 unspecified atom stereocenters. The molecule has 78 valence electrons. The zero-order valence-electron chi connectivity index (χ0n) is 9.90. The van der Waals surface area contributed by atoms with Gasteiger partial charge in [0.05, 0.1) is 5.41 Å². The predicted molar refractivity (Wildman–Crippen MR) is 60.8 cm³/mol. The molecule has 0 aliphatic carbocycles. The van der Waals surface area contributed by atoms with Crippen molar-refractivity contribution in [1.29, 1.82) is 0 Å². The largest absolute Gasteiger partial charge is 0.285 e. The van der Waals surface area contributed by atoms with Crippen molar-refractivity contribution in [3.63, 3.8) is 0 Å². The summed E-state index contributed by atoms with van der Waals surface area (Å²) in [4.78, 5) is 10.8. The number of hydrogen-bond donors (Lipinski definition) is 0. The van der Waals surface area contributed by atoms with E-state index in [0.717, 1.165) is 12.0 Å². The summed E-state index contributed by atoms with van der Waals surface area (Å²) >= 11 is 0. The summed E-state index contributed by atoms with van der Waals surface area (Å²) in [6, 6.07) is 0. The van der Waals surface area contributed by atoms with Crippen molar-refractivity contribution in [2.24, 2.45) is 11.3 Å². The molecule has 0 aliphatic heterocycles. The lowest BCUT2D eigenvalue weighted by molar-refractivity contribution is -0.111. The highest BCUT2D eigenvalue weighted by molar-refractivity contribution is 5.93. The molecule has 2 atom stereocenters. The van der Waals surface area contributed by atoms with Gasteiger partial charge in [0.25, 0.3) is 0 Å². The summed E-state index contributed by atoms with van der Waals surface area (Å²) in [6.07, 6.45) is 1.04. The zero-order valence-corrected chi connectivity index (χ0v) is 9.90. The van der Waals surface area contributed by atoms with Crippen molar-refractivity contribution in [1.82, 2.24) is 0 Å². The van der Waals surface area contributed by atoms with Crippen LogP contribution in [-0.4, -0.2) is 5.78 Å². The molecule has 0 aromatic heterocycles. The minimum Gasteiger partial charge on any atom is -0.285 e. The van der Waals surface area contributed by atoms with Crippen molar-refractivity contribution in [3.05, 3.63) is 12.2 Å². The van der Waals surface area contributed by atoms with Crippen LogP contribution in [0.2, 0.25) is 0 Å². The zero-order chi connectivity index (χ0) is 11.4. The molecule has 0 saturated carbocycles. The molecule has 0 N–H and O–H groups in total. The summed E-state index contributed by atoms with van der Waals surface area (Å²) in [5.74, 6) is 6.02. The Morgan fingerprint density at radius 3 is 2.29 bits per heavy atom. The van der Waals surface area contributed by atoms with Gasteiger partial charge in [0.1, 0.15) is 0 Å². The highest BCUT2D eigenvalue weighted by Gasteiger charge is 2.28. The number of carbonyl (C=O) groups is 1. The second-order valence-corrected chi connectivity index (χ2v) is 4.10. The lowest BCUT2D eigenvalue weighted by atomic mass is 9.72. The van der Waals surface area contributed by atoms with Crippen molar-refractivity contribution < 1.29 is 4.79 Å². The summed E-state index contributed by atoms with van der Waals surface area (Å²) in [6.45, 7) is 13.7. The van der Waals surface area contributed by atoms with Crippen LogP contribution in [0.5, 0.6) is 0 Å². The van der Waals surface area contributed by atoms with E-state index in [9.17, 15) is 4.79 Å². The van der Waals surface area contributed by atoms with Gasteiger partial charge in [0.15, 0.2) is 0 Å². The fraction of sp³-hybridized carbons (Fsp3) is 0.615. The number of rotatable bonds is 3. The maximum absolute atomic E-state index is 10.8. The minimum atomic E-state index is -0.236. The van der Waals surface area contributed by atoms with E-state index in [2.05, 4.69) is 39.2 Å². The van der Waals surface area contributed by atoms with Gasteiger partial charge in [-0.2, -0.15) is 0 Å². The molecule has 0 spiro atoms. The van der Waals surface area contributed by atoms with Gasteiger partial charge in [-0.1, -0.05) is 38.3 Å². The first-order valence-electron chi connectivity index (χ1n) is 5.04. The third kappa shape index (κ3) is 3.03. The van der Waals surface area contributed by atoms with Crippen molar-refractivity contribution in [2.45, 2.75) is 41.0 Å². The van der Waals surface area contributed by atoms with Crippen LogP contribution in [0.3, 0.4) is 0 Å². The van der Waals surface area contributed by atoms with Crippen LogP contribution >= 0.6 is 0 Å². The maximum Gasteiger partial charge on any atom is 0.202 e. The molecule has 0 heterocycles. The van der Waals surface area contributed by atoms with Crippen molar-refractivity contribution >= 4 is 5.78 Å². The number of hydrogen-bond acceptors (Lipinski definition) is 1. The Morgan fingerprint density at radius 2 is 2.00 bits per heavy atom. The van der Waals surface area contributed by atoms with Crippen LogP contribution in [-0.2, 0) is 4.79 Å². The van der Waals surface area contributed by atoms with Crippen LogP contribution in [0.4, 0.5) is 0 Å². The van der Waals surface area contributed by atoms with Gasteiger partial charge < -0.3 is 0 Å². The Kier molecular flexibility index (Phi) is 4.63. The van der Waals surface area contributed by atoms with E-state index in [-0.39, 0.29) is 11.2 Å². The average molecular weight is 192 g/mol. The summed E-state index contributed by atoms with van der Waals surface area (Å²) in [5, 5.41) is 0.